The van der Waals surface area contributed by atoms with E-state index in [9.17, 15) is 0 Å². The van der Waals surface area contributed by atoms with E-state index < -0.39 is 0 Å². The number of fused-ring (bicyclic) bond motifs is 1. The van der Waals surface area contributed by atoms with Crippen molar-refractivity contribution in [1.82, 2.24) is 9.97 Å². The van der Waals surface area contributed by atoms with Crippen molar-refractivity contribution in [2.45, 2.75) is 19.4 Å². The van der Waals surface area contributed by atoms with Crippen LogP contribution in [0.25, 0.3) is 0 Å². The van der Waals surface area contributed by atoms with Crippen molar-refractivity contribution in [3.05, 3.63) is 17.1 Å². The minimum atomic E-state index is 0.372. The molecule has 15 heavy (non-hydrogen) atoms. The van der Waals surface area contributed by atoms with Gasteiger partial charge in [-0.2, -0.15) is 16.7 Å². The van der Waals surface area contributed by atoms with Gasteiger partial charge in [0.05, 0.1) is 19.3 Å². The molecular formula is C10H15N3OS. The molecule has 1 aromatic rings. The van der Waals surface area contributed by atoms with E-state index in [1.165, 1.54) is 5.56 Å². The molecule has 0 unspecified atom stereocenters. The Kier molecular flexibility index (Phi) is 3.43. The van der Waals surface area contributed by atoms with Crippen molar-refractivity contribution in [3.8, 4) is 5.88 Å². The number of hydrogen-bond donors (Lipinski definition) is 1. The molecule has 2 N–H and O–H groups in total. The van der Waals surface area contributed by atoms with Gasteiger partial charge >= 0.3 is 0 Å². The zero-order valence-corrected chi connectivity index (χ0v) is 9.64. The Labute approximate surface area is 93.6 Å². The quantitative estimate of drug-likeness (QED) is 0.805. The van der Waals surface area contributed by atoms with Gasteiger partial charge in [0.15, 0.2) is 0 Å². The number of aryl methyl sites for hydroxylation is 1. The monoisotopic (exact) mass is 225 g/mol. The first-order chi connectivity index (χ1) is 7.35. The molecule has 0 atom stereocenters. The third-order valence-electron chi connectivity index (χ3n) is 2.46. The van der Waals surface area contributed by atoms with Gasteiger partial charge in [-0.3, -0.25) is 0 Å². The molecule has 0 amide bonds. The first kappa shape index (κ1) is 10.7. The summed E-state index contributed by atoms with van der Waals surface area (Å²) in [6.45, 7) is 0.372. The average molecular weight is 225 g/mol. The van der Waals surface area contributed by atoms with Crippen LogP contribution in [-0.4, -0.2) is 28.6 Å². The average Bonchev–Trinajstić information content (AvgIpc) is 2.52. The van der Waals surface area contributed by atoms with Gasteiger partial charge < -0.3 is 10.5 Å². The summed E-state index contributed by atoms with van der Waals surface area (Å²) in [5, 5.41) is 0. The predicted octanol–water partition coefficient (Wildman–Crippen LogP) is 0.776. The second-order valence-corrected chi connectivity index (χ2v) is 4.62. The van der Waals surface area contributed by atoms with Crippen LogP contribution in [0.1, 0.15) is 17.1 Å². The van der Waals surface area contributed by atoms with Crippen molar-refractivity contribution in [2.75, 3.05) is 18.6 Å². The molecule has 0 bridgehead atoms. The first-order valence-electron chi connectivity index (χ1n) is 5.05. The topological polar surface area (TPSA) is 61.0 Å². The molecule has 0 radical (unpaired) electrons. The lowest BCUT2D eigenvalue weighted by molar-refractivity contribution is 0.388. The molecular weight excluding hydrogens is 210 g/mol. The highest BCUT2D eigenvalue weighted by atomic mass is 32.2. The van der Waals surface area contributed by atoms with Crippen LogP contribution in [0.3, 0.4) is 0 Å². The highest BCUT2D eigenvalue weighted by molar-refractivity contribution is 7.99. The Bertz CT molecular complexity index is 357. The largest absolute Gasteiger partial charge is 0.481 e. The molecule has 82 valence electrons. The van der Waals surface area contributed by atoms with Crippen molar-refractivity contribution in [3.63, 3.8) is 0 Å². The number of rotatable bonds is 2. The maximum absolute atomic E-state index is 5.56. The van der Waals surface area contributed by atoms with Crippen LogP contribution in [0.5, 0.6) is 5.88 Å². The van der Waals surface area contributed by atoms with Gasteiger partial charge in [0.1, 0.15) is 5.82 Å². The Balaban J connectivity index is 2.45. The smallest absolute Gasteiger partial charge is 0.219 e. The molecule has 1 aliphatic rings. The fourth-order valence-electron chi connectivity index (χ4n) is 1.72. The van der Waals surface area contributed by atoms with E-state index in [1.54, 1.807) is 7.11 Å². The lowest BCUT2D eigenvalue weighted by atomic mass is 10.1. The van der Waals surface area contributed by atoms with Crippen molar-refractivity contribution < 1.29 is 4.74 Å². The van der Waals surface area contributed by atoms with Crippen molar-refractivity contribution >= 4 is 11.8 Å². The molecule has 2 rings (SSSR count). The second-order valence-electron chi connectivity index (χ2n) is 3.39. The van der Waals surface area contributed by atoms with Crippen LogP contribution in [-0.2, 0) is 19.4 Å². The number of nitrogens with zero attached hydrogens (tertiary/aromatic N) is 2. The van der Waals surface area contributed by atoms with Crippen LogP contribution in [0.4, 0.5) is 0 Å². The standard InChI is InChI=1S/C10H15N3OS/c1-14-10-7-2-4-15-5-3-8(7)12-9(6-11)13-10/h2-6,11H2,1H3. The summed E-state index contributed by atoms with van der Waals surface area (Å²) < 4.78 is 5.29. The van der Waals surface area contributed by atoms with Crippen molar-refractivity contribution in [1.29, 1.82) is 0 Å². The van der Waals surface area contributed by atoms with Crippen LogP contribution in [0.2, 0.25) is 0 Å². The Morgan fingerprint density at radius 1 is 1.33 bits per heavy atom. The van der Waals surface area contributed by atoms with Crippen LogP contribution in [0, 0.1) is 0 Å². The number of hydrogen-bond acceptors (Lipinski definition) is 5. The summed E-state index contributed by atoms with van der Waals surface area (Å²) in [4.78, 5) is 8.77. The van der Waals surface area contributed by atoms with Gasteiger partial charge in [-0.15, -0.1) is 0 Å². The van der Waals surface area contributed by atoms with Gasteiger partial charge in [-0.1, -0.05) is 0 Å². The summed E-state index contributed by atoms with van der Waals surface area (Å²) in [5.41, 5.74) is 7.84. The lowest BCUT2D eigenvalue weighted by Crippen LogP contribution is -2.10. The fraction of sp³-hybridized carbons (Fsp3) is 0.600. The summed E-state index contributed by atoms with van der Waals surface area (Å²) in [7, 11) is 1.65. The Morgan fingerprint density at radius 2 is 2.13 bits per heavy atom. The summed E-state index contributed by atoms with van der Waals surface area (Å²) in [6.07, 6.45) is 1.99. The van der Waals surface area contributed by atoms with Gasteiger partial charge in [-0.25, -0.2) is 4.98 Å². The highest BCUT2D eigenvalue weighted by Crippen LogP contribution is 2.25. The van der Waals surface area contributed by atoms with E-state index in [1.807, 2.05) is 11.8 Å². The van der Waals surface area contributed by atoms with Crippen LogP contribution >= 0.6 is 11.8 Å². The number of thioether (sulfide) groups is 1. The third kappa shape index (κ3) is 2.23. The molecule has 0 spiro atoms. The van der Waals surface area contributed by atoms with E-state index in [0.29, 0.717) is 18.2 Å². The molecule has 0 saturated heterocycles. The van der Waals surface area contributed by atoms with Crippen LogP contribution < -0.4 is 10.5 Å². The minimum Gasteiger partial charge on any atom is -0.481 e. The number of ether oxygens (including phenoxy) is 1. The SMILES string of the molecule is COc1nc(CN)nc2c1CCSCC2. The molecule has 0 aliphatic carbocycles. The van der Waals surface area contributed by atoms with Gasteiger partial charge in [-0.05, 0) is 24.3 Å². The first-order valence-corrected chi connectivity index (χ1v) is 6.21. The normalized spacial score (nSPS) is 15.6. The van der Waals surface area contributed by atoms with E-state index in [2.05, 4.69) is 9.97 Å². The zero-order chi connectivity index (χ0) is 10.7. The highest BCUT2D eigenvalue weighted by Gasteiger charge is 2.16. The Hall–Kier alpha value is -0.810. The minimum absolute atomic E-state index is 0.372. The molecule has 2 heterocycles. The number of aromatic nitrogens is 2. The van der Waals surface area contributed by atoms with E-state index in [4.69, 9.17) is 10.5 Å². The maximum atomic E-state index is 5.56. The second kappa shape index (κ2) is 4.81. The fourth-order valence-corrected chi connectivity index (χ4v) is 2.61. The summed E-state index contributed by atoms with van der Waals surface area (Å²) >= 11 is 1.95. The summed E-state index contributed by atoms with van der Waals surface area (Å²) in [6, 6.07) is 0. The third-order valence-corrected chi connectivity index (χ3v) is 3.44. The van der Waals surface area contributed by atoms with Gasteiger partial charge in [0.2, 0.25) is 5.88 Å². The predicted molar refractivity (Wildman–Crippen MR) is 61.2 cm³/mol. The Morgan fingerprint density at radius 3 is 2.87 bits per heavy atom. The maximum Gasteiger partial charge on any atom is 0.219 e. The molecule has 0 aromatic carbocycles. The number of nitrogens with two attached hydrogens (primary N) is 1. The van der Waals surface area contributed by atoms with E-state index in [-0.39, 0.29) is 0 Å². The van der Waals surface area contributed by atoms with Crippen molar-refractivity contribution in [2.24, 2.45) is 5.73 Å². The van der Waals surface area contributed by atoms with Gasteiger partial charge in [0, 0.05) is 5.56 Å². The summed E-state index contributed by atoms with van der Waals surface area (Å²) in [5.74, 6) is 3.63. The molecule has 5 heteroatoms. The molecule has 4 nitrogen and oxygen atoms in total. The molecule has 0 fully saturated rings. The molecule has 0 saturated carbocycles. The van der Waals surface area contributed by atoms with E-state index in [0.717, 1.165) is 30.0 Å². The zero-order valence-electron chi connectivity index (χ0n) is 8.82. The van der Waals surface area contributed by atoms with Gasteiger partial charge in [0.25, 0.3) is 0 Å². The molecule has 1 aliphatic heterocycles. The lowest BCUT2D eigenvalue weighted by Gasteiger charge is -2.10. The molecule has 1 aromatic heterocycles. The van der Waals surface area contributed by atoms with E-state index >= 15 is 0 Å². The van der Waals surface area contributed by atoms with Crippen LogP contribution in [0.15, 0.2) is 0 Å². The number of methoxy groups -OCH3 is 1.